The number of rotatable bonds is 5. The van der Waals surface area contributed by atoms with Gasteiger partial charge in [-0.05, 0) is 0 Å². The summed E-state index contributed by atoms with van der Waals surface area (Å²) in [4.78, 5) is 45.7. The molecule has 1 fully saturated rings. The van der Waals surface area contributed by atoms with Gasteiger partial charge >= 0.3 is 23.9 Å². The van der Waals surface area contributed by atoms with Crippen LogP contribution in [0.5, 0.6) is 0 Å². The molecule has 0 unspecified atom stereocenters. The smallest absolute Gasteiger partial charge is 0.308 e. The van der Waals surface area contributed by atoms with Crippen LogP contribution < -0.4 is 0 Å². The monoisotopic (exact) mass is 410 g/mol. The molecular formula is C14H19BrO9. The van der Waals surface area contributed by atoms with Gasteiger partial charge in [-0.2, -0.15) is 0 Å². The highest BCUT2D eigenvalue weighted by atomic mass is 79.9. The molecule has 0 bridgehead atoms. The first kappa shape index (κ1) is 20.4. The highest BCUT2D eigenvalue weighted by molar-refractivity contribution is 9.09. The summed E-state index contributed by atoms with van der Waals surface area (Å²) in [5.41, 5.74) is 0. The zero-order chi connectivity index (χ0) is 18.4. The molecule has 1 aliphatic rings. The Kier molecular flexibility index (Phi) is 7.61. The number of esters is 4. The summed E-state index contributed by atoms with van der Waals surface area (Å²) in [7, 11) is 1.20. The van der Waals surface area contributed by atoms with Gasteiger partial charge in [-0.25, -0.2) is 0 Å². The Balaban J connectivity index is 3.15. The molecule has 0 aromatic heterocycles. The van der Waals surface area contributed by atoms with Crippen molar-refractivity contribution in [1.82, 2.24) is 0 Å². The van der Waals surface area contributed by atoms with Gasteiger partial charge in [0, 0.05) is 20.8 Å². The minimum Gasteiger partial charge on any atom is -0.469 e. The van der Waals surface area contributed by atoms with Gasteiger partial charge in [0.05, 0.1) is 13.5 Å². The largest absolute Gasteiger partial charge is 0.469 e. The quantitative estimate of drug-likeness (QED) is 0.362. The first-order chi connectivity index (χ1) is 11.1. The number of alkyl halides is 1. The highest BCUT2D eigenvalue weighted by Gasteiger charge is 2.51. The third-order valence-electron chi connectivity index (χ3n) is 3.08. The van der Waals surface area contributed by atoms with Crippen LogP contribution in [0.25, 0.3) is 0 Å². The first-order valence-corrected chi connectivity index (χ1v) is 7.95. The van der Waals surface area contributed by atoms with Gasteiger partial charge in [-0.15, -0.1) is 0 Å². The minimum atomic E-state index is -1.15. The molecule has 0 radical (unpaired) electrons. The normalized spacial score (nSPS) is 29.3. The number of hydrogen-bond donors (Lipinski definition) is 0. The Bertz CT molecular complexity index is 506. The van der Waals surface area contributed by atoms with Crippen molar-refractivity contribution in [2.45, 2.75) is 56.6 Å². The van der Waals surface area contributed by atoms with E-state index in [0.717, 1.165) is 13.8 Å². The van der Waals surface area contributed by atoms with Crippen LogP contribution in [0, 0.1) is 0 Å². The van der Waals surface area contributed by atoms with E-state index >= 15 is 0 Å². The van der Waals surface area contributed by atoms with Crippen molar-refractivity contribution in [2.24, 2.45) is 0 Å². The van der Waals surface area contributed by atoms with Gasteiger partial charge in [0.25, 0.3) is 0 Å². The van der Waals surface area contributed by atoms with Crippen LogP contribution >= 0.6 is 15.9 Å². The van der Waals surface area contributed by atoms with Crippen molar-refractivity contribution in [3.8, 4) is 0 Å². The molecule has 0 aromatic carbocycles. The van der Waals surface area contributed by atoms with Crippen LogP contribution in [-0.2, 0) is 42.9 Å². The third-order valence-corrected chi connectivity index (χ3v) is 3.82. The SMILES string of the molecule is COC(=O)C[C@H]1O[C@H](Br)[C@H](OC(C)=O)[C@@H](OC(C)=O)[C@@H]1OC(C)=O. The second kappa shape index (κ2) is 8.97. The van der Waals surface area contributed by atoms with Crippen molar-refractivity contribution in [2.75, 3.05) is 7.11 Å². The fourth-order valence-corrected chi connectivity index (χ4v) is 2.94. The molecule has 1 aliphatic heterocycles. The molecular weight excluding hydrogens is 392 g/mol. The average Bonchev–Trinajstić information content (AvgIpc) is 2.45. The molecule has 0 amide bonds. The highest BCUT2D eigenvalue weighted by Crippen LogP contribution is 2.32. The number of carbonyl (C=O) groups excluding carboxylic acids is 4. The third kappa shape index (κ3) is 5.75. The summed E-state index contributed by atoms with van der Waals surface area (Å²) in [6.07, 6.45) is -4.57. The van der Waals surface area contributed by atoms with E-state index in [0.29, 0.717) is 0 Å². The van der Waals surface area contributed by atoms with E-state index in [9.17, 15) is 19.2 Å². The molecule has 0 aliphatic carbocycles. The molecule has 24 heavy (non-hydrogen) atoms. The maximum atomic E-state index is 11.6. The van der Waals surface area contributed by atoms with E-state index in [-0.39, 0.29) is 6.42 Å². The van der Waals surface area contributed by atoms with E-state index in [1.165, 1.54) is 14.0 Å². The van der Waals surface area contributed by atoms with Crippen LogP contribution in [0.2, 0.25) is 0 Å². The molecule has 0 spiro atoms. The molecule has 10 heteroatoms. The van der Waals surface area contributed by atoms with Crippen molar-refractivity contribution in [1.29, 1.82) is 0 Å². The zero-order valence-electron chi connectivity index (χ0n) is 13.6. The lowest BCUT2D eigenvalue weighted by Crippen LogP contribution is -2.60. The molecule has 1 heterocycles. The minimum absolute atomic E-state index is 0.249. The Labute approximate surface area is 147 Å². The second-order valence-electron chi connectivity index (χ2n) is 5.03. The van der Waals surface area contributed by atoms with Crippen molar-refractivity contribution >= 4 is 39.8 Å². The van der Waals surface area contributed by atoms with Crippen LogP contribution in [0.4, 0.5) is 0 Å². The number of methoxy groups -OCH3 is 1. The summed E-state index contributed by atoms with van der Waals surface area (Å²) in [6.45, 7) is 3.48. The summed E-state index contributed by atoms with van der Waals surface area (Å²) in [6, 6.07) is 0. The van der Waals surface area contributed by atoms with Gasteiger partial charge in [-0.3, -0.25) is 19.2 Å². The lowest BCUT2D eigenvalue weighted by atomic mass is 9.97. The Hall–Kier alpha value is -1.68. The predicted molar refractivity (Wildman–Crippen MR) is 80.9 cm³/mol. The molecule has 136 valence electrons. The number of ether oxygens (including phenoxy) is 5. The van der Waals surface area contributed by atoms with Crippen molar-refractivity contribution < 1.29 is 42.9 Å². The fraction of sp³-hybridized carbons (Fsp3) is 0.714. The summed E-state index contributed by atoms with van der Waals surface area (Å²) in [5, 5.41) is -0.882. The zero-order valence-corrected chi connectivity index (χ0v) is 15.2. The van der Waals surface area contributed by atoms with Crippen LogP contribution in [0.1, 0.15) is 27.2 Å². The Morgan fingerprint density at radius 2 is 1.33 bits per heavy atom. The van der Waals surface area contributed by atoms with E-state index in [4.69, 9.17) is 18.9 Å². The van der Waals surface area contributed by atoms with E-state index < -0.39 is 53.3 Å². The number of hydrogen-bond acceptors (Lipinski definition) is 9. The van der Waals surface area contributed by atoms with E-state index in [1.807, 2.05) is 0 Å². The van der Waals surface area contributed by atoms with Gasteiger partial charge in [0.2, 0.25) is 0 Å². The fourth-order valence-electron chi connectivity index (χ4n) is 2.25. The lowest BCUT2D eigenvalue weighted by molar-refractivity contribution is -0.232. The summed E-state index contributed by atoms with van der Waals surface area (Å²) >= 11 is 3.18. The Morgan fingerprint density at radius 1 is 0.875 bits per heavy atom. The molecule has 1 saturated heterocycles. The number of carbonyl (C=O) groups is 4. The van der Waals surface area contributed by atoms with Gasteiger partial charge in [-0.1, -0.05) is 15.9 Å². The molecule has 0 N–H and O–H groups in total. The standard InChI is InChI=1S/C14H19BrO9/c1-6(16)21-11-9(5-10(19)20-4)24-14(15)13(23-8(3)18)12(11)22-7(2)17/h9,11-14H,5H2,1-4H3/t9-,11-,12+,13-,14+/m1/s1. The van der Waals surface area contributed by atoms with Gasteiger partial charge in [0.1, 0.15) is 6.10 Å². The maximum Gasteiger partial charge on any atom is 0.308 e. The first-order valence-electron chi connectivity index (χ1n) is 7.03. The molecule has 0 aromatic rings. The molecule has 1 rings (SSSR count). The van der Waals surface area contributed by atoms with Crippen molar-refractivity contribution in [3.63, 3.8) is 0 Å². The average molecular weight is 411 g/mol. The summed E-state index contributed by atoms with van der Waals surface area (Å²) in [5.74, 6) is -2.60. The summed E-state index contributed by atoms with van der Waals surface area (Å²) < 4.78 is 25.6. The van der Waals surface area contributed by atoms with Crippen LogP contribution in [0.15, 0.2) is 0 Å². The Morgan fingerprint density at radius 3 is 1.79 bits per heavy atom. The molecule has 5 atom stereocenters. The molecule has 0 saturated carbocycles. The van der Waals surface area contributed by atoms with Crippen molar-refractivity contribution in [3.05, 3.63) is 0 Å². The molecule has 9 nitrogen and oxygen atoms in total. The van der Waals surface area contributed by atoms with Crippen LogP contribution in [0.3, 0.4) is 0 Å². The predicted octanol–water partition coefficient (Wildman–Crippen LogP) is 0.464. The lowest BCUT2D eigenvalue weighted by Gasteiger charge is -2.42. The van der Waals surface area contributed by atoms with Crippen LogP contribution in [-0.4, -0.2) is 60.4 Å². The number of halogens is 1. The maximum absolute atomic E-state index is 11.6. The van der Waals surface area contributed by atoms with E-state index in [1.54, 1.807) is 0 Å². The topological polar surface area (TPSA) is 114 Å². The second-order valence-corrected chi connectivity index (χ2v) is 5.93. The van der Waals surface area contributed by atoms with Gasteiger partial charge in [0.15, 0.2) is 23.3 Å². The van der Waals surface area contributed by atoms with Gasteiger partial charge < -0.3 is 23.7 Å². The van der Waals surface area contributed by atoms with E-state index in [2.05, 4.69) is 20.7 Å².